The highest BCUT2D eigenvalue weighted by molar-refractivity contribution is 6.37. The molecule has 0 saturated carbocycles. The van der Waals surface area contributed by atoms with E-state index in [0.717, 1.165) is 12.8 Å². The Morgan fingerprint density at radius 1 is 1.35 bits per heavy atom. The molecule has 23 heavy (non-hydrogen) atoms. The minimum Gasteiger partial charge on any atom is -0.494 e. The van der Waals surface area contributed by atoms with Crippen LogP contribution in [-0.4, -0.2) is 42.1 Å². The van der Waals surface area contributed by atoms with Crippen molar-refractivity contribution in [2.45, 2.75) is 25.7 Å². The zero-order valence-corrected chi connectivity index (χ0v) is 14.4. The average Bonchev–Trinajstić information content (AvgIpc) is 2.52. The molecular weight excluding hydrogens is 341 g/mol. The summed E-state index contributed by atoms with van der Waals surface area (Å²) in [6.45, 7) is 1.22. The summed E-state index contributed by atoms with van der Waals surface area (Å²) in [7, 11) is 1.46. The van der Waals surface area contributed by atoms with E-state index >= 15 is 0 Å². The Balaban J connectivity index is 2.09. The lowest BCUT2D eigenvalue weighted by Gasteiger charge is -2.32. The third-order valence-corrected chi connectivity index (χ3v) is 4.58. The Hall–Kier alpha value is -1.46. The molecule has 0 spiro atoms. The number of carboxylic acids is 1. The van der Waals surface area contributed by atoms with Crippen molar-refractivity contribution >= 4 is 35.1 Å². The first kappa shape index (κ1) is 17.9. The lowest BCUT2D eigenvalue weighted by molar-refractivity contribution is -0.137. The Labute approximate surface area is 145 Å². The van der Waals surface area contributed by atoms with Crippen LogP contribution >= 0.6 is 23.2 Å². The number of carbonyl (C=O) groups excluding carboxylic acids is 1. The molecule has 0 unspecified atom stereocenters. The molecule has 0 aliphatic carbocycles. The second kappa shape index (κ2) is 7.88. The lowest BCUT2D eigenvalue weighted by Crippen LogP contribution is -2.40. The number of rotatable bonds is 5. The number of aliphatic carboxylic acids is 1. The largest absolute Gasteiger partial charge is 0.494 e. The van der Waals surface area contributed by atoms with Gasteiger partial charge in [0.15, 0.2) is 5.75 Å². The predicted molar refractivity (Wildman–Crippen MR) is 88.5 cm³/mol. The van der Waals surface area contributed by atoms with Crippen molar-refractivity contribution in [2.75, 3.05) is 20.2 Å². The van der Waals surface area contributed by atoms with Gasteiger partial charge in [0.2, 0.25) is 0 Å². The van der Waals surface area contributed by atoms with Crippen LogP contribution in [0.15, 0.2) is 12.1 Å². The molecular formula is C16H19Cl2NO4. The Morgan fingerprint density at radius 2 is 2.00 bits per heavy atom. The second-order valence-electron chi connectivity index (χ2n) is 5.66. The monoisotopic (exact) mass is 359 g/mol. The van der Waals surface area contributed by atoms with E-state index in [9.17, 15) is 9.59 Å². The van der Waals surface area contributed by atoms with Crippen LogP contribution in [0.2, 0.25) is 10.0 Å². The maximum absolute atomic E-state index is 12.6. The summed E-state index contributed by atoms with van der Waals surface area (Å²) in [4.78, 5) is 25.1. The van der Waals surface area contributed by atoms with E-state index in [1.807, 2.05) is 0 Å². The second-order valence-corrected chi connectivity index (χ2v) is 6.48. The molecule has 2 rings (SSSR count). The lowest BCUT2D eigenvalue weighted by atomic mass is 9.93. The Morgan fingerprint density at radius 3 is 2.57 bits per heavy atom. The van der Waals surface area contributed by atoms with Gasteiger partial charge >= 0.3 is 5.97 Å². The number of halogens is 2. The summed E-state index contributed by atoms with van der Waals surface area (Å²) >= 11 is 12.2. The van der Waals surface area contributed by atoms with Gasteiger partial charge in [-0.3, -0.25) is 9.59 Å². The standard InChI is InChI=1S/C16H19Cl2NO4/c1-23-15-12(17)7-11(8-13(15)18)16(22)19-6-2-3-10(9-19)4-5-14(20)21/h7-8,10H,2-6,9H2,1H3,(H,20,21)/t10-/m1/s1. The van der Waals surface area contributed by atoms with E-state index in [4.69, 9.17) is 33.0 Å². The quantitative estimate of drug-likeness (QED) is 0.869. The third-order valence-electron chi connectivity index (χ3n) is 4.02. The van der Waals surface area contributed by atoms with Gasteiger partial charge in [-0.05, 0) is 37.3 Å². The molecule has 1 amide bonds. The molecule has 1 aliphatic rings. The molecule has 0 radical (unpaired) electrons. The van der Waals surface area contributed by atoms with Crippen LogP contribution in [0.25, 0.3) is 0 Å². The summed E-state index contributed by atoms with van der Waals surface area (Å²) in [6.07, 6.45) is 2.53. The van der Waals surface area contributed by atoms with Crippen LogP contribution in [-0.2, 0) is 4.79 Å². The van der Waals surface area contributed by atoms with Crippen LogP contribution in [0, 0.1) is 5.92 Å². The summed E-state index contributed by atoms with van der Waals surface area (Å²) < 4.78 is 5.08. The maximum Gasteiger partial charge on any atom is 0.303 e. The smallest absolute Gasteiger partial charge is 0.303 e. The molecule has 5 nitrogen and oxygen atoms in total. The van der Waals surface area contributed by atoms with Crippen molar-refractivity contribution in [1.29, 1.82) is 0 Å². The Kier molecular flexibility index (Phi) is 6.13. The van der Waals surface area contributed by atoms with Gasteiger partial charge in [0.05, 0.1) is 17.2 Å². The molecule has 0 bridgehead atoms. The number of hydrogen-bond acceptors (Lipinski definition) is 3. The van der Waals surface area contributed by atoms with E-state index in [1.165, 1.54) is 7.11 Å². The molecule has 1 heterocycles. The number of benzene rings is 1. The van der Waals surface area contributed by atoms with Gasteiger partial charge in [-0.1, -0.05) is 23.2 Å². The number of nitrogens with zero attached hydrogens (tertiary/aromatic N) is 1. The van der Waals surface area contributed by atoms with Crippen LogP contribution < -0.4 is 4.74 Å². The van der Waals surface area contributed by atoms with Gasteiger partial charge in [0.25, 0.3) is 5.91 Å². The first-order valence-electron chi connectivity index (χ1n) is 7.46. The van der Waals surface area contributed by atoms with E-state index in [1.54, 1.807) is 17.0 Å². The van der Waals surface area contributed by atoms with Crippen molar-refractivity contribution in [3.8, 4) is 5.75 Å². The number of likely N-dealkylation sites (tertiary alicyclic amines) is 1. The van der Waals surface area contributed by atoms with Gasteiger partial charge in [0, 0.05) is 25.1 Å². The highest BCUT2D eigenvalue weighted by Crippen LogP contribution is 2.34. The number of hydrogen-bond donors (Lipinski definition) is 1. The predicted octanol–water partition coefficient (Wildman–Crippen LogP) is 3.72. The fourth-order valence-electron chi connectivity index (χ4n) is 2.87. The molecule has 7 heteroatoms. The Bertz CT molecular complexity index is 583. The maximum atomic E-state index is 12.6. The normalized spacial score (nSPS) is 17.9. The van der Waals surface area contributed by atoms with Gasteiger partial charge in [-0.25, -0.2) is 0 Å². The van der Waals surface area contributed by atoms with Gasteiger partial charge in [0.1, 0.15) is 0 Å². The first-order chi connectivity index (χ1) is 10.9. The highest BCUT2D eigenvalue weighted by Gasteiger charge is 2.25. The SMILES string of the molecule is COc1c(Cl)cc(C(=O)N2CCC[C@H](CCC(=O)O)C2)cc1Cl. The number of carbonyl (C=O) groups is 2. The number of ether oxygens (including phenoxy) is 1. The van der Waals surface area contributed by atoms with E-state index in [-0.39, 0.29) is 18.2 Å². The molecule has 1 saturated heterocycles. The average molecular weight is 360 g/mol. The summed E-state index contributed by atoms with van der Waals surface area (Å²) in [5.74, 6) is -0.380. The first-order valence-corrected chi connectivity index (χ1v) is 8.22. The van der Waals surface area contributed by atoms with Crippen molar-refractivity contribution in [1.82, 2.24) is 4.90 Å². The number of carboxylic acid groups (broad SMARTS) is 1. The topological polar surface area (TPSA) is 66.8 Å². The molecule has 1 aromatic carbocycles. The van der Waals surface area contributed by atoms with Gasteiger partial charge in [-0.2, -0.15) is 0 Å². The van der Waals surface area contributed by atoms with Crippen LogP contribution in [0.3, 0.4) is 0 Å². The van der Waals surface area contributed by atoms with E-state index in [2.05, 4.69) is 0 Å². The molecule has 1 fully saturated rings. The van der Waals surface area contributed by atoms with E-state index < -0.39 is 5.97 Å². The molecule has 1 atom stereocenters. The molecule has 1 N–H and O–H groups in total. The van der Waals surface area contributed by atoms with Crippen molar-refractivity contribution in [3.05, 3.63) is 27.7 Å². The number of methoxy groups -OCH3 is 1. The van der Waals surface area contributed by atoms with Crippen LogP contribution in [0.5, 0.6) is 5.75 Å². The zero-order valence-electron chi connectivity index (χ0n) is 12.8. The fourth-order valence-corrected chi connectivity index (χ4v) is 3.52. The summed E-state index contributed by atoms with van der Waals surface area (Å²) in [5, 5.41) is 9.37. The van der Waals surface area contributed by atoms with Crippen molar-refractivity contribution < 1.29 is 19.4 Å². The zero-order chi connectivity index (χ0) is 17.0. The fraction of sp³-hybridized carbons (Fsp3) is 0.500. The molecule has 126 valence electrons. The minimum absolute atomic E-state index is 0.132. The van der Waals surface area contributed by atoms with Crippen molar-refractivity contribution in [2.24, 2.45) is 5.92 Å². The summed E-state index contributed by atoms with van der Waals surface area (Å²) in [5.41, 5.74) is 0.416. The molecule has 0 aromatic heterocycles. The molecule has 1 aliphatic heterocycles. The van der Waals surface area contributed by atoms with E-state index in [0.29, 0.717) is 40.9 Å². The minimum atomic E-state index is -0.804. The third kappa shape index (κ3) is 4.52. The van der Waals surface area contributed by atoms with Crippen LogP contribution in [0.1, 0.15) is 36.0 Å². The highest BCUT2D eigenvalue weighted by atomic mass is 35.5. The van der Waals surface area contributed by atoms with Gasteiger partial charge in [-0.15, -0.1) is 0 Å². The molecule has 1 aromatic rings. The van der Waals surface area contributed by atoms with Gasteiger partial charge < -0.3 is 14.7 Å². The van der Waals surface area contributed by atoms with Crippen LogP contribution in [0.4, 0.5) is 0 Å². The number of piperidine rings is 1. The number of amides is 1. The summed E-state index contributed by atoms with van der Waals surface area (Å²) in [6, 6.07) is 3.10. The van der Waals surface area contributed by atoms with Crippen molar-refractivity contribution in [3.63, 3.8) is 0 Å².